The second kappa shape index (κ2) is 5.57. The van der Waals surface area contributed by atoms with Crippen LogP contribution < -0.4 is 5.32 Å². The van der Waals surface area contributed by atoms with Crippen molar-refractivity contribution in [3.63, 3.8) is 0 Å². The molecule has 0 aliphatic carbocycles. The number of aromatic nitrogens is 3. The van der Waals surface area contributed by atoms with Crippen molar-refractivity contribution >= 4 is 5.69 Å². The predicted octanol–water partition coefficient (Wildman–Crippen LogP) is 1.67. The quantitative estimate of drug-likeness (QED) is 0.653. The Morgan fingerprint density at radius 2 is 2.26 bits per heavy atom. The minimum atomic E-state index is -0.436. The van der Waals surface area contributed by atoms with Crippen LogP contribution in [0, 0.1) is 10.1 Å². The molecule has 1 N–H and O–H groups in total. The zero-order chi connectivity index (χ0) is 13.8. The Balaban J connectivity index is 2.18. The fourth-order valence-corrected chi connectivity index (χ4v) is 1.54. The van der Waals surface area contributed by atoms with Crippen molar-refractivity contribution in [1.82, 2.24) is 20.3 Å². The highest BCUT2D eigenvalue weighted by atomic mass is 16.6. The van der Waals surface area contributed by atoms with Gasteiger partial charge < -0.3 is 5.32 Å². The molecule has 0 spiro atoms. The first-order valence-electron chi connectivity index (χ1n) is 5.95. The maximum absolute atomic E-state index is 10.7. The van der Waals surface area contributed by atoms with Gasteiger partial charge in [0.15, 0.2) is 0 Å². The van der Waals surface area contributed by atoms with E-state index in [0.29, 0.717) is 18.3 Å². The Morgan fingerprint density at radius 3 is 2.95 bits per heavy atom. The average molecular weight is 261 g/mol. The maximum Gasteiger partial charge on any atom is 0.271 e. The van der Waals surface area contributed by atoms with Crippen LogP contribution in [0.2, 0.25) is 0 Å². The van der Waals surface area contributed by atoms with Gasteiger partial charge in [-0.2, -0.15) is 15.0 Å². The van der Waals surface area contributed by atoms with Crippen LogP contribution in [0.25, 0.3) is 5.69 Å². The molecule has 2 rings (SSSR count). The molecule has 0 unspecified atom stereocenters. The van der Waals surface area contributed by atoms with Gasteiger partial charge in [-0.05, 0) is 6.07 Å². The SMILES string of the molecule is CC(C)NCc1cnn(-c2cccc([N+](=O)[O-])c2)n1. The van der Waals surface area contributed by atoms with Crippen LogP contribution in [0.15, 0.2) is 30.5 Å². The first-order valence-corrected chi connectivity index (χ1v) is 5.95. The molecule has 19 heavy (non-hydrogen) atoms. The van der Waals surface area contributed by atoms with Crippen molar-refractivity contribution in [2.24, 2.45) is 0 Å². The van der Waals surface area contributed by atoms with E-state index < -0.39 is 4.92 Å². The van der Waals surface area contributed by atoms with Gasteiger partial charge in [0, 0.05) is 24.7 Å². The molecule has 7 nitrogen and oxygen atoms in total. The van der Waals surface area contributed by atoms with E-state index in [1.807, 2.05) is 13.8 Å². The van der Waals surface area contributed by atoms with Crippen LogP contribution in [0.5, 0.6) is 0 Å². The third kappa shape index (κ3) is 3.35. The summed E-state index contributed by atoms with van der Waals surface area (Å²) >= 11 is 0. The first-order chi connectivity index (χ1) is 9.06. The Labute approximate surface area is 110 Å². The second-order valence-electron chi connectivity index (χ2n) is 4.44. The van der Waals surface area contributed by atoms with Crippen molar-refractivity contribution in [3.05, 3.63) is 46.3 Å². The van der Waals surface area contributed by atoms with E-state index in [1.165, 1.54) is 16.9 Å². The maximum atomic E-state index is 10.7. The lowest BCUT2D eigenvalue weighted by Gasteiger charge is -2.04. The largest absolute Gasteiger partial charge is 0.309 e. The number of rotatable bonds is 5. The van der Waals surface area contributed by atoms with Crippen LogP contribution in [0.3, 0.4) is 0 Å². The molecule has 100 valence electrons. The number of hydrogen-bond acceptors (Lipinski definition) is 5. The fraction of sp³-hybridized carbons (Fsp3) is 0.333. The van der Waals surface area contributed by atoms with Crippen LogP contribution in [0.1, 0.15) is 19.5 Å². The number of nitro groups is 1. The molecule has 0 atom stereocenters. The second-order valence-corrected chi connectivity index (χ2v) is 4.44. The third-order valence-corrected chi connectivity index (χ3v) is 2.50. The Hall–Kier alpha value is -2.28. The summed E-state index contributed by atoms with van der Waals surface area (Å²) in [6.07, 6.45) is 1.65. The fourth-order valence-electron chi connectivity index (χ4n) is 1.54. The molecule has 7 heteroatoms. The van der Waals surface area contributed by atoms with E-state index in [-0.39, 0.29) is 5.69 Å². The average Bonchev–Trinajstić information content (AvgIpc) is 2.85. The van der Waals surface area contributed by atoms with E-state index in [4.69, 9.17) is 0 Å². The first kappa shape index (κ1) is 13.2. The van der Waals surface area contributed by atoms with Gasteiger partial charge in [-0.3, -0.25) is 10.1 Å². The molecule has 0 amide bonds. The van der Waals surface area contributed by atoms with Crippen molar-refractivity contribution in [2.75, 3.05) is 0 Å². The van der Waals surface area contributed by atoms with Crippen LogP contribution in [0.4, 0.5) is 5.69 Å². The lowest BCUT2D eigenvalue weighted by molar-refractivity contribution is -0.384. The minimum absolute atomic E-state index is 0.0247. The molecule has 0 aliphatic heterocycles. The smallest absolute Gasteiger partial charge is 0.271 e. The number of hydrogen-bond donors (Lipinski definition) is 1. The van der Waals surface area contributed by atoms with Gasteiger partial charge in [0.25, 0.3) is 5.69 Å². The minimum Gasteiger partial charge on any atom is -0.309 e. The van der Waals surface area contributed by atoms with Gasteiger partial charge in [0.2, 0.25) is 0 Å². The summed E-state index contributed by atoms with van der Waals surface area (Å²) in [6, 6.07) is 6.59. The number of non-ortho nitro benzene ring substituents is 1. The van der Waals surface area contributed by atoms with Crippen molar-refractivity contribution in [2.45, 2.75) is 26.4 Å². The Kier molecular flexibility index (Phi) is 3.86. The van der Waals surface area contributed by atoms with Gasteiger partial charge in [-0.25, -0.2) is 0 Å². The van der Waals surface area contributed by atoms with Crippen molar-refractivity contribution in [1.29, 1.82) is 0 Å². The van der Waals surface area contributed by atoms with Gasteiger partial charge in [0.1, 0.15) is 0 Å². The summed E-state index contributed by atoms with van der Waals surface area (Å²) in [4.78, 5) is 11.7. The molecular weight excluding hydrogens is 246 g/mol. The third-order valence-electron chi connectivity index (χ3n) is 2.50. The molecule has 0 aliphatic rings. The summed E-state index contributed by atoms with van der Waals surface area (Å²) in [7, 11) is 0. The molecule has 1 aromatic heterocycles. The van der Waals surface area contributed by atoms with E-state index in [9.17, 15) is 10.1 Å². The van der Waals surface area contributed by atoms with Crippen LogP contribution >= 0.6 is 0 Å². The summed E-state index contributed by atoms with van der Waals surface area (Å²) in [5, 5.41) is 22.3. The number of benzene rings is 1. The van der Waals surface area contributed by atoms with Gasteiger partial charge >= 0.3 is 0 Å². The normalized spacial score (nSPS) is 10.9. The molecule has 0 radical (unpaired) electrons. The van der Waals surface area contributed by atoms with Gasteiger partial charge in [-0.1, -0.05) is 19.9 Å². The zero-order valence-electron chi connectivity index (χ0n) is 10.8. The molecular formula is C12H15N5O2. The van der Waals surface area contributed by atoms with E-state index in [1.54, 1.807) is 18.3 Å². The standard InChI is InChI=1S/C12H15N5O2/c1-9(2)13-7-10-8-14-16(15-10)11-4-3-5-12(6-11)17(18)19/h3-6,8-9,13H,7H2,1-2H3. The molecule has 0 saturated carbocycles. The molecule has 0 saturated heterocycles. The molecule has 2 aromatic rings. The number of nitrogens with one attached hydrogen (secondary N) is 1. The topological polar surface area (TPSA) is 85.9 Å². The lowest BCUT2D eigenvalue weighted by Crippen LogP contribution is -2.22. The predicted molar refractivity (Wildman–Crippen MR) is 70.0 cm³/mol. The highest BCUT2D eigenvalue weighted by molar-refractivity contribution is 5.41. The summed E-state index contributed by atoms with van der Waals surface area (Å²) in [6.45, 7) is 4.71. The summed E-state index contributed by atoms with van der Waals surface area (Å²) < 4.78 is 0. The Morgan fingerprint density at radius 1 is 1.47 bits per heavy atom. The van der Waals surface area contributed by atoms with Crippen LogP contribution in [-0.4, -0.2) is 26.0 Å². The molecule has 1 heterocycles. The van der Waals surface area contributed by atoms with E-state index >= 15 is 0 Å². The monoisotopic (exact) mass is 261 g/mol. The molecule has 0 fully saturated rings. The number of nitro benzene ring substituents is 1. The van der Waals surface area contributed by atoms with Gasteiger partial charge in [-0.15, -0.1) is 0 Å². The summed E-state index contributed by atoms with van der Waals surface area (Å²) in [5.41, 5.74) is 1.39. The van der Waals surface area contributed by atoms with Crippen molar-refractivity contribution in [3.8, 4) is 5.69 Å². The van der Waals surface area contributed by atoms with E-state index in [0.717, 1.165) is 5.69 Å². The zero-order valence-corrected chi connectivity index (χ0v) is 10.8. The van der Waals surface area contributed by atoms with Crippen LogP contribution in [-0.2, 0) is 6.54 Å². The number of nitrogens with zero attached hydrogens (tertiary/aromatic N) is 4. The molecule has 1 aromatic carbocycles. The van der Waals surface area contributed by atoms with Gasteiger partial charge in [0.05, 0.1) is 22.5 Å². The van der Waals surface area contributed by atoms with Crippen molar-refractivity contribution < 1.29 is 4.92 Å². The van der Waals surface area contributed by atoms with E-state index in [2.05, 4.69) is 15.5 Å². The highest BCUT2D eigenvalue weighted by Gasteiger charge is 2.09. The summed E-state index contributed by atoms with van der Waals surface area (Å²) in [5.74, 6) is 0. The lowest BCUT2D eigenvalue weighted by atomic mass is 10.3. The highest BCUT2D eigenvalue weighted by Crippen LogP contribution is 2.15. The Bertz CT molecular complexity index is 579. The molecule has 0 bridgehead atoms.